The van der Waals surface area contributed by atoms with E-state index in [0.29, 0.717) is 31.6 Å². The molecule has 8 nitrogen and oxygen atoms in total. The van der Waals surface area contributed by atoms with E-state index in [-0.39, 0.29) is 18.2 Å². The van der Waals surface area contributed by atoms with Gasteiger partial charge in [-0.2, -0.15) is 0 Å². The molecule has 0 aromatic carbocycles. The first-order chi connectivity index (χ1) is 11.8. The number of amides is 4. The van der Waals surface area contributed by atoms with Crippen LogP contribution in [0.15, 0.2) is 0 Å². The monoisotopic (exact) mass is 392 g/mol. The molecule has 0 bridgehead atoms. The second-order valence-corrected chi connectivity index (χ2v) is 7.97. The smallest absolute Gasteiger partial charge is 0.249 e. The summed E-state index contributed by atoms with van der Waals surface area (Å²) < 4.78 is 0. The van der Waals surface area contributed by atoms with Crippen LogP contribution in [-0.2, 0) is 19.2 Å². The standard InChI is InChI=1S/C15H28N4O4S2/c1-4-13(21)19-12(15(23)18-10(2)20)7-5-6-8-17-14(22)11(16)9-25-24-3/h11-12H,4-9,16H2,1-3H3,(H,17,22)(H,19,21)(H,18,20,23). The largest absolute Gasteiger partial charge is 0.355 e. The minimum Gasteiger partial charge on any atom is -0.355 e. The zero-order valence-electron chi connectivity index (χ0n) is 14.9. The van der Waals surface area contributed by atoms with E-state index >= 15 is 0 Å². The van der Waals surface area contributed by atoms with E-state index < -0.39 is 23.9 Å². The van der Waals surface area contributed by atoms with Gasteiger partial charge in [0.25, 0.3) is 0 Å². The zero-order valence-corrected chi connectivity index (χ0v) is 16.6. The highest BCUT2D eigenvalue weighted by Gasteiger charge is 2.20. The van der Waals surface area contributed by atoms with Crippen LogP contribution >= 0.6 is 21.6 Å². The molecule has 5 N–H and O–H groups in total. The number of unbranched alkanes of at least 4 members (excludes halogenated alkanes) is 1. The van der Waals surface area contributed by atoms with Crippen LogP contribution in [0.1, 0.15) is 39.5 Å². The van der Waals surface area contributed by atoms with Gasteiger partial charge in [0.1, 0.15) is 6.04 Å². The quantitative estimate of drug-likeness (QED) is 0.275. The lowest BCUT2D eigenvalue weighted by Crippen LogP contribution is -2.47. The Morgan fingerprint density at radius 3 is 2.36 bits per heavy atom. The molecular weight excluding hydrogens is 364 g/mol. The molecule has 2 atom stereocenters. The summed E-state index contributed by atoms with van der Waals surface area (Å²) in [6.07, 6.45) is 3.81. The number of nitrogens with one attached hydrogen (secondary N) is 3. The van der Waals surface area contributed by atoms with E-state index in [2.05, 4.69) is 16.0 Å². The van der Waals surface area contributed by atoms with Crippen LogP contribution in [-0.4, -0.2) is 54.3 Å². The number of rotatable bonds is 12. The number of carbonyl (C=O) groups excluding carboxylic acids is 4. The van der Waals surface area contributed by atoms with Crippen LogP contribution in [0.5, 0.6) is 0 Å². The normalized spacial score (nSPS) is 12.8. The maximum atomic E-state index is 11.9. The molecule has 0 rings (SSSR count). The van der Waals surface area contributed by atoms with Crippen molar-refractivity contribution in [2.75, 3.05) is 18.6 Å². The van der Waals surface area contributed by atoms with Crippen LogP contribution in [0.3, 0.4) is 0 Å². The lowest BCUT2D eigenvalue weighted by Gasteiger charge is -2.17. The molecule has 4 amide bonds. The molecule has 0 aromatic rings. The van der Waals surface area contributed by atoms with Crippen molar-refractivity contribution < 1.29 is 19.2 Å². The van der Waals surface area contributed by atoms with E-state index in [4.69, 9.17) is 5.73 Å². The van der Waals surface area contributed by atoms with Crippen molar-refractivity contribution in [3.63, 3.8) is 0 Å². The van der Waals surface area contributed by atoms with Gasteiger partial charge in [0, 0.05) is 25.6 Å². The second-order valence-electron chi connectivity index (χ2n) is 5.36. The molecule has 0 radical (unpaired) electrons. The third kappa shape index (κ3) is 11.8. The van der Waals surface area contributed by atoms with Gasteiger partial charge < -0.3 is 16.4 Å². The average molecular weight is 393 g/mol. The van der Waals surface area contributed by atoms with Gasteiger partial charge in [0.2, 0.25) is 23.6 Å². The molecule has 2 unspecified atom stereocenters. The predicted molar refractivity (Wildman–Crippen MR) is 102 cm³/mol. The van der Waals surface area contributed by atoms with Crippen LogP contribution in [0.4, 0.5) is 0 Å². The molecule has 0 fully saturated rings. The summed E-state index contributed by atoms with van der Waals surface area (Å²) in [5.74, 6) is -0.899. The van der Waals surface area contributed by atoms with Crippen LogP contribution in [0.25, 0.3) is 0 Å². The number of hydrogen-bond acceptors (Lipinski definition) is 7. The van der Waals surface area contributed by atoms with Gasteiger partial charge in [-0.3, -0.25) is 24.5 Å². The molecular formula is C15H28N4O4S2. The summed E-state index contributed by atoms with van der Waals surface area (Å²) in [4.78, 5) is 46.2. The van der Waals surface area contributed by atoms with Gasteiger partial charge in [-0.25, -0.2) is 0 Å². The van der Waals surface area contributed by atoms with Crippen molar-refractivity contribution in [1.29, 1.82) is 0 Å². The van der Waals surface area contributed by atoms with Gasteiger partial charge in [0.05, 0.1) is 6.04 Å². The molecule has 0 aliphatic heterocycles. The lowest BCUT2D eigenvalue weighted by molar-refractivity contribution is -0.133. The molecule has 0 spiro atoms. The Morgan fingerprint density at radius 2 is 1.80 bits per heavy atom. The fourth-order valence-corrected chi connectivity index (χ4v) is 3.14. The van der Waals surface area contributed by atoms with Crippen LogP contribution < -0.4 is 21.7 Å². The minimum atomic E-state index is -0.757. The maximum absolute atomic E-state index is 11.9. The van der Waals surface area contributed by atoms with Gasteiger partial charge >= 0.3 is 0 Å². The Balaban J connectivity index is 4.20. The Kier molecular flexibility index (Phi) is 13.3. The van der Waals surface area contributed by atoms with Gasteiger partial charge in [-0.05, 0) is 25.5 Å². The van der Waals surface area contributed by atoms with Gasteiger partial charge in [0.15, 0.2) is 0 Å². The van der Waals surface area contributed by atoms with Crippen molar-refractivity contribution in [2.45, 2.75) is 51.6 Å². The van der Waals surface area contributed by atoms with Gasteiger partial charge in [-0.1, -0.05) is 28.5 Å². The minimum absolute atomic E-state index is 0.202. The third-order valence-corrected chi connectivity index (χ3v) is 5.04. The van der Waals surface area contributed by atoms with Gasteiger partial charge in [-0.15, -0.1) is 0 Å². The summed E-state index contributed by atoms with van der Waals surface area (Å²) in [5.41, 5.74) is 5.74. The molecule has 0 aromatic heterocycles. The Bertz CT molecular complexity index is 463. The maximum Gasteiger partial charge on any atom is 0.249 e. The molecule has 0 saturated heterocycles. The van der Waals surface area contributed by atoms with Crippen LogP contribution in [0.2, 0.25) is 0 Å². The van der Waals surface area contributed by atoms with E-state index in [0.717, 1.165) is 0 Å². The third-order valence-electron chi connectivity index (χ3n) is 3.19. The molecule has 0 heterocycles. The fraction of sp³-hybridized carbons (Fsp3) is 0.733. The molecule has 0 aliphatic carbocycles. The predicted octanol–water partition coefficient (Wildman–Crippen LogP) is 0.169. The van der Waals surface area contributed by atoms with E-state index in [1.165, 1.54) is 17.7 Å². The van der Waals surface area contributed by atoms with Crippen molar-refractivity contribution in [1.82, 2.24) is 16.0 Å². The highest BCUT2D eigenvalue weighted by Crippen LogP contribution is 2.16. The van der Waals surface area contributed by atoms with Crippen molar-refractivity contribution in [2.24, 2.45) is 5.73 Å². The summed E-state index contributed by atoms with van der Waals surface area (Å²) in [7, 11) is 3.08. The number of carbonyl (C=O) groups is 4. The second kappa shape index (κ2) is 14.0. The first kappa shape index (κ1) is 23.7. The molecule has 0 saturated carbocycles. The first-order valence-corrected chi connectivity index (χ1v) is 10.8. The number of imide groups is 1. The summed E-state index contributed by atoms with van der Waals surface area (Å²) >= 11 is 0. The average Bonchev–Trinajstić information content (AvgIpc) is 2.56. The van der Waals surface area contributed by atoms with Crippen molar-refractivity contribution in [3.05, 3.63) is 0 Å². The summed E-state index contributed by atoms with van der Waals surface area (Å²) in [6, 6.07) is -1.30. The van der Waals surface area contributed by atoms with Crippen molar-refractivity contribution in [3.8, 4) is 0 Å². The molecule has 10 heteroatoms. The number of nitrogens with two attached hydrogens (primary N) is 1. The number of hydrogen-bond donors (Lipinski definition) is 4. The summed E-state index contributed by atoms with van der Waals surface area (Å²) in [5, 5.41) is 7.53. The topological polar surface area (TPSA) is 130 Å². The van der Waals surface area contributed by atoms with E-state index in [1.54, 1.807) is 17.7 Å². The summed E-state index contributed by atoms with van der Waals surface area (Å²) in [6.45, 7) is 3.37. The Labute approximate surface area is 156 Å². The first-order valence-electron chi connectivity index (χ1n) is 8.11. The highest BCUT2D eigenvalue weighted by molar-refractivity contribution is 8.76. The van der Waals surface area contributed by atoms with Crippen molar-refractivity contribution >= 4 is 45.2 Å². The Morgan fingerprint density at radius 1 is 1.12 bits per heavy atom. The Hall–Kier alpha value is -1.26. The highest BCUT2D eigenvalue weighted by atomic mass is 33.1. The molecule has 25 heavy (non-hydrogen) atoms. The fourth-order valence-electron chi connectivity index (χ4n) is 1.86. The molecule has 144 valence electrons. The lowest BCUT2D eigenvalue weighted by atomic mass is 10.1. The van der Waals surface area contributed by atoms with E-state index in [1.807, 2.05) is 6.26 Å². The molecule has 0 aliphatic rings. The zero-order chi connectivity index (χ0) is 19.2. The van der Waals surface area contributed by atoms with Crippen LogP contribution in [0, 0.1) is 0 Å². The van der Waals surface area contributed by atoms with E-state index in [9.17, 15) is 19.2 Å². The SMILES string of the molecule is CCC(=O)NC(CCCCNC(=O)C(N)CSSC)C(=O)NC(C)=O.